The van der Waals surface area contributed by atoms with Crippen LogP contribution in [0, 0.1) is 22.0 Å². The number of carbonyl (C=O) groups is 5. The number of fused-ring (bicyclic) bond motifs is 1. The molecule has 3 aromatic carbocycles. The minimum absolute atomic E-state index is 0.0351. The number of nitro groups is 1. The Hall–Kier alpha value is -5.45. The highest BCUT2D eigenvalue weighted by molar-refractivity contribution is 6.22. The highest BCUT2D eigenvalue weighted by Gasteiger charge is 2.48. The average Bonchev–Trinajstić information content (AvgIpc) is 3.24. The number of imide groups is 1. The van der Waals surface area contributed by atoms with Crippen molar-refractivity contribution in [1.29, 1.82) is 0 Å². The second-order valence-electron chi connectivity index (χ2n) is 10.1. The van der Waals surface area contributed by atoms with Gasteiger partial charge in [0.15, 0.2) is 6.61 Å². The number of hydrogen-bond acceptors (Lipinski definition) is 8. The molecule has 42 heavy (non-hydrogen) atoms. The molecule has 5 rings (SSSR count). The lowest BCUT2D eigenvalue weighted by atomic mass is 9.82. The molecular formula is C31H25N3O8. The van der Waals surface area contributed by atoms with Gasteiger partial charge in [-0.15, -0.1) is 0 Å². The van der Waals surface area contributed by atoms with Crippen LogP contribution in [0.1, 0.15) is 50.8 Å². The van der Waals surface area contributed by atoms with Crippen molar-refractivity contribution in [3.05, 3.63) is 111 Å². The van der Waals surface area contributed by atoms with E-state index in [0.29, 0.717) is 24.2 Å². The first kappa shape index (κ1) is 28.1. The van der Waals surface area contributed by atoms with E-state index in [1.165, 1.54) is 53.4 Å². The Morgan fingerprint density at radius 2 is 1.62 bits per heavy atom. The van der Waals surface area contributed by atoms with Crippen molar-refractivity contribution in [3.63, 3.8) is 0 Å². The van der Waals surface area contributed by atoms with E-state index in [1.54, 1.807) is 18.2 Å². The van der Waals surface area contributed by atoms with Crippen LogP contribution in [0.15, 0.2) is 84.4 Å². The fourth-order valence-corrected chi connectivity index (χ4v) is 5.07. The van der Waals surface area contributed by atoms with E-state index >= 15 is 0 Å². The van der Waals surface area contributed by atoms with Crippen molar-refractivity contribution < 1.29 is 33.6 Å². The van der Waals surface area contributed by atoms with Gasteiger partial charge in [0.2, 0.25) is 17.6 Å². The predicted molar refractivity (Wildman–Crippen MR) is 151 cm³/mol. The Kier molecular flexibility index (Phi) is 7.74. The number of hydrogen-bond donors (Lipinski definition) is 1. The number of allylic oxidation sites excluding steroid dienone is 2. The van der Waals surface area contributed by atoms with E-state index in [1.807, 2.05) is 13.0 Å². The van der Waals surface area contributed by atoms with Gasteiger partial charge in [-0.2, -0.15) is 0 Å². The number of amides is 3. The number of non-ortho nitro benzene ring substituents is 1. The van der Waals surface area contributed by atoms with E-state index in [-0.39, 0.29) is 46.0 Å². The van der Waals surface area contributed by atoms with Gasteiger partial charge < -0.3 is 10.1 Å². The number of nitrogens with zero attached hydrogens (tertiary/aromatic N) is 2. The number of ether oxygens (including phenoxy) is 1. The third-order valence-electron chi connectivity index (χ3n) is 7.28. The maximum atomic E-state index is 13.0. The fraction of sp³-hybridized carbons (Fsp3) is 0.194. The van der Waals surface area contributed by atoms with E-state index in [9.17, 15) is 34.1 Å². The molecule has 0 saturated carbocycles. The Morgan fingerprint density at radius 3 is 2.36 bits per heavy atom. The van der Waals surface area contributed by atoms with Crippen LogP contribution in [0.25, 0.3) is 0 Å². The number of esters is 1. The Balaban J connectivity index is 1.20. The molecule has 1 N–H and O–H groups in total. The molecular weight excluding hydrogens is 542 g/mol. The predicted octanol–water partition coefficient (Wildman–Crippen LogP) is 4.73. The topological polar surface area (TPSA) is 153 Å². The van der Waals surface area contributed by atoms with E-state index in [0.717, 1.165) is 11.6 Å². The molecule has 2 atom stereocenters. The summed E-state index contributed by atoms with van der Waals surface area (Å²) in [6.07, 6.45) is 3.10. The summed E-state index contributed by atoms with van der Waals surface area (Å²) in [5.41, 5.74) is 1.91. The molecule has 212 valence electrons. The van der Waals surface area contributed by atoms with Crippen molar-refractivity contribution in [1.82, 2.24) is 0 Å². The number of ketones is 1. The fourth-order valence-electron chi connectivity index (χ4n) is 5.07. The van der Waals surface area contributed by atoms with Gasteiger partial charge >= 0.3 is 5.97 Å². The maximum Gasteiger partial charge on any atom is 0.338 e. The number of carbonyl (C=O) groups excluding carboxylic acids is 5. The molecule has 3 amide bonds. The average molecular weight is 568 g/mol. The molecule has 0 spiro atoms. The zero-order chi connectivity index (χ0) is 30.0. The standard InChI is InChI=1S/C31H25N3O8/c1-18-8-13-25-26(14-18)30(38)33(29(25)37)23-11-9-19(10-12-23)28(36)32-22-6-2-5-21(15-22)31(39)42-17-27(35)20-4-3-7-24(16-20)34(40)41/h2-12,15-16,25-26H,13-14,17H2,1H3,(H,32,36)/t25-,26+/m0/s1. The largest absolute Gasteiger partial charge is 0.454 e. The first-order valence-electron chi connectivity index (χ1n) is 13.1. The summed E-state index contributed by atoms with van der Waals surface area (Å²) < 4.78 is 5.08. The molecule has 1 saturated heterocycles. The molecule has 0 bridgehead atoms. The molecule has 1 fully saturated rings. The monoisotopic (exact) mass is 567 g/mol. The Labute approximate surface area is 239 Å². The Morgan fingerprint density at radius 1 is 0.929 bits per heavy atom. The van der Waals surface area contributed by atoms with Crippen LogP contribution >= 0.6 is 0 Å². The van der Waals surface area contributed by atoms with Gasteiger partial charge in [0.1, 0.15) is 0 Å². The summed E-state index contributed by atoms with van der Waals surface area (Å²) in [7, 11) is 0. The minimum atomic E-state index is -0.819. The van der Waals surface area contributed by atoms with Gasteiger partial charge in [0, 0.05) is 28.9 Å². The zero-order valence-corrected chi connectivity index (χ0v) is 22.4. The second-order valence-corrected chi connectivity index (χ2v) is 10.1. The smallest absolute Gasteiger partial charge is 0.338 e. The number of nitro benzene ring substituents is 1. The van der Waals surface area contributed by atoms with Crippen LogP contribution in [-0.4, -0.2) is 41.0 Å². The number of Topliss-reactive ketones (excluding diaryl/α,β-unsaturated/α-hetero) is 1. The molecule has 3 aromatic rings. The van der Waals surface area contributed by atoms with Gasteiger partial charge in [-0.05, 0) is 62.2 Å². The molecule has 2 aliphatic rings. The minimum Gasteiger partial charge on any atom is -0.454 e. The lowest BCUT2D eigenvalue weighted by molar-refractivity contribution is -0.384. The van der Waals surface area contributed by atoms with E-state index in [2.05, 4.69) is 5.32 Å². The van der Waals surface area contributed by atoms with Crippen LogP contribution < -0.4 is 10.2 Å². The van der Waals surface area contributed by atoms with Gasteiger partial charge in [-0.25, -0.2) is 4.79 Å². The number of nitrogens with one attached hydrogen (secondary N) is 1. The maximum absolute atomic E-state index is 13.0. The normalized spacial score (nSPS) is 17.7. The van der Waals surface area contributed by atoms with Crippen LogP contribution in [0.2, 0.25) is 0 Å². The first-order valence-corrected chi connectivity index (χ1v) is 13.1. The van der Waals surface area contributed by atoms with Crippen LogP contribution in [0.3, 0.4) is 0 Å². The highest BCUT2D eigenvalue weighted by Crippen LogP contribution is 2.39. The van der Waals surface area contributed by atoms with Crippen LogP contribution in [-0.2, 0) is 14.3 Å². The number of rotatable bonds is 8. The SMILES string of the molecule is CC1=CC[C@@H]2C(=O)N(c3ccc(C(=O)Nc4cccc(C(=O)OCC(=O)c5cccc([N+](=O)[O-])c5)c4)cc3)C(=O)[C@@H]2C1. The summed E-state index contributed by atoms with van der Waals surface area (Å²) in [5.74, 6) is -3.10. The van der Waals surface area contributed by atoms with E-state index in [4.69, 9.17) is 4.74 Å². The van der Waals surface area contributed by atoms with Gasteiger partial charge in [0.05, 0.1) is 28.0 Å². The summed E-state index contributed by atoms with van der Waals surface area (Å²) in [6.45, 7) is 1.33. The van der Waals surface area contributed by atoms with Crippen molar-refractivity contribution in [2.24, 2.45) is 11.8 Å². The van der Waals surface area contributed by atoms with Crippen molar-refractivity contribution >= 4 is 46.5 Å². The third kappa shape index (κ3) is 5.71. The van der Waals surface area contributed by atoms with Crippen LogP contribution in [0.5, 0.6) is 0 Å². The summed E-state index contributed by atoms with van der Waals surface area (Å²) in [5, 5.41) is 13.6. The molecule has 11 heteroatoms. The third-order valence-corrected chi connectivity index (χ3v) is 7.28. The number of anilines is 2. The molecule has 1 aliphatic heterocycles. The number of benzene rings is 3. The molecule has 0 radical (unpaired) electrons. The molecule has 11 nitrogen and oxygen atoms in total. The lowest BCUT2D eigenvalue weighted by Gasteiger charge is -2.18. The second kappa shape index (κ2) is 11.6. The summed E-state index contributed by atoms with van der Waals surface area (Å²) in [6, 6.07) is 17.1. The quantitative estimate of drug-likeness (QED) is 0.102. The van der Waals surface area contributed by atoms with Gasteiger partial charge in [-0.1, -0.05) is 29.8 Å². The zero-order valence-electron chi connectivity index (χ0n) is 22.4. The van der Waals surface area contributed by atoms with Gasteiger partial charge in [-0.3, -0.25) is 34.2 Å². The van der Waals surface area contributed by atoms with Gasteiger partial charge in [0.25, 0.3) is 11.6 Å². The molecule has 0 aromatic heterocycles. The summed E-state index contributed by atoms with van der Waals surface area (Å²) in [4.78, 5) is 75.1. The highest BCUT2D eigenvalue weighted by atomic mass is 16.6. The molecule has 0 unspecified atom stereocenters. The lowest BCUT2D eigenvalue weighted by Crippen LogP contribution is -2.30. The molecule has 1 aliphatic carbocycles. The van der Waals surface area contributed by atoms with E-state index < -0.39 is 29.2 Å². The molecule has 1 heterocycles. The summed E-state index contributed by atoms with van der Waals surface area (Å²) >= 11 is 0. The first-order chi connectivity index (χ1) is 20.1. The van der Waals surface area contributed by atoms with Crippen LogP contribution in [0.4, 0.5) is 17.1 Å². The van der Waals surface area contributed by atoms with Crippen molar-refractivity contribution in [3.8, 4) is 0 Å². The Bertz CT molecular complexity index is 1660. The van der Waals surface area contributed by atoms with Crippen molar-refractivity contribution in [2.45, 2.75) is 19.8 Å². The van der Waals surface area contributed by atoms with Crippen molar-refractivity contribution in [2.75, 3.05) is 16.8 Å².